The number of benzene rings is 1. The van der Waals surface area contributed by atoms with Crippen LogP contribution in [0, 0.1) is 5.41 Å². The molecule has 0 fully saturated rings. The first-order valence-electron chi connectivity index (χ1n) is 4.57. The lowest BCUT2D eigenvalue weighted by molar-refractivity contribution is 0.481. The molecule has 1 aromatic rings. The lowest BCUT2D eigenvalue weighted by atomic mass is 10.0. The van der Waals surface area contributed by atoms with Crippen LogP contribution in [0.2, 0.25) is 10.0 Å². The van der Waals surface area contributed by atoms with Crippen LogP contribution in [0.15, 0.2) is 21.5 Å². The summed E-state index contributed by atoms with van der Waals surface area (Å²) in [5.41, 5.74) is 0.309. The highest BCUT2D eigenvalue weighted by Crippen LogP contribution is 2.36. The molecule has 1 rings (SSSR count). The normalized spacial score (nSPS) is 11.9. The van der Waals surface area contributed by atoms with Crippen molar-refractivity contribution in [1.29, 1.82) is 0 Å². The predicted molar refractivity (Wildman–Crippen MR) is 74.3 cm³/mol. The molecule has 84 valence electrons. The van der Waals surface area contributed by atoms with Gasteiger partial charge in [-0.15, -0.1) is 11.8 Å². The summed E-state index contributed by atoms with van der Waals surface area (Å²) in [6, 6.07) is 3.91. The molecule has 4 heteroatoms. The summed E-state index contributed by atoms with van der Waals surface area (Å²) in [5.74, 6) is 1.05. The lowest BCUT2D eigenvalue weighted by Crippen LogP contribution is -2.07. The number of halogens is 3. The molecule has 0 aliphatic rings. The van der Waals surface area contributed by atoms with Gasteiger partial charge in [0.15, 0.2) is 0 Å². The number of hydrogen-bond acceptors (Lipinski definition) is 1. The van der Waals surface area contributed by atoms with Crippen molar-refractivity contribution in [3.63, 3.8) is 0 Å². The van der Waals surface area contributed by atoms with E-state index >= 15 is 0 Å². The summed E-state index contributed by atoms with van der Waals surface area (Å²) in [6.07, 6.45) is 0. The smallest absolute Gasteiger partial charge is 0.0735 e. The van der Waals surface area contributed by atoms with E-state index in [0.29, 0.717) is 15.5 Å². The van der Waals surface area contributed by atoms with Crippen LogP contribution in [0.1, 0.15) is 20.8 Å². The van der Waals surface area contributed by atoms with E-state index in [4.69, 9.17) is 23.2 Å². The van der Waals surface area contributed by atoms with E-state index < -0.39 is 0 Å². The van der Waals surface area contributed by atoms with E-state index in [1.807, 2.05) is 12.1 Å². The molecule has 0 unspecified atom stereocenters. The number of hydrogen-bond donors (Lipinski definition) is 0. The van der Waals surface area contributed by atoms with E-state index in [1.165, 1.54) is 0 Å². The summed E-state index contributed by atoms with van der Waals surface area (Å²) in [4.78, 5) is 1.14. The molecule has 0 spiro atoms. The van der Waals surface area contributed by atoms with Crippen molar-refractivity contribution in [1.82, 2.24) is 0 Å². The van der Waals surface area contributed by atoms with Crippen molar-refractivity contribution in [2.75, 3.05) is 5.75 Å². The largest absolute Gasteiger partial charge is 0.126 e. The molecule has 15 heavy (non-hydrogen) atoms. The second-order valence-corrected chi connectivity index (χ2v) is 7.24. The van der Waals surface area contributed by atoms with Crippen LogP contribution in [0.4, 0.5) is 0 Å². The Hall–Kier alpha value is 0.630. The van der Waals surface area contributed by atoms with Gasteiger partial charge in [-0.1, -0.05) is 44.0 Å². The van der Waals surface area contributed by atoms with Gasteiger partial charge in [0.25, 0.3) is 0 Å². The van der Waals surface area contributed by atoms with Crippen LogP contribution in [0.5, 0.6) is 0 Å². The summed E-state index contributed by atoms with van der Waals surface area (Å²) >= 11 is 17.1. The Morgan fingerprint density at radius 1 is 1.27 bits per heavy atom. The first-order chi connectivity index (χ1) is 6.79. The minimum absolute atomic E-state index is 0.309. The van der Waals surface area contributed by atoms with E-state index in [9.17, 15) is 0 Å². The molecule has 0 aliphatic carbocycles. The standard InChI is InChI=1S/C11H13BrCl2S/c1-11(2,3)6-15-7-4-8(12)10(14)9(13)5-7/h4-5H,6H2,1-3H3. The molecule has 0 N–H and O–H groups in total. The third kappa shape index (κ3) is 4.56. The molecular weight excluding hydrogens is 315 g/mol. The van der Waals surface area contributed by atoms with E-state index in [0.717, 1.165) is 15.1 Å². The van der Waals surface area contributed by atoms with Gasteiger partial charge in [-0.25, -0.2) is 0 Å². The highest BCUT2D eigenvalue weighted by atomic mass is 79.9. The molecule has 1 aromatic carbocycles. The van der Waals surface area contributed by atoms with Crippen LogP contribution >= 0.6 is 50.9 Å². The van der Waals surface area contributed by atoms with Gasteiger partial charge >= 0.3 is 0 Å². The minimum atomic E-state index is 0.309. The van der Waals surface area contributed by atoms with Crippen molar-refractivity contribution >= 4 is 50.9 Å². The second kappa shape index (κ2) is 5.31. The molecule has 0 aromatic heterocycles. The van der Waals surface area contributed by atoms with E-state index in [2.05, 4.69) is 36.7 Å². The van der Waals surface area contributed by atoms with Crippen molar-refractivity contribution in [3.8, 4) is 0 Å². The Bertz CT molecular complexity index is 335. The zero-order valence-corrected chi connectivity index (χ0v) is 12.8. The third-order valence-corrected chi connectivity index (χ3v) is 4.86. The average Bonchev–Trinajstić information content (AvgIpc) is 2.09. The van der Waals surface area contributed by atoms with Gasteiger partial charge in [0, 0.05) is 15.1 Å². The van der Waals surface area contributed by atoms with E-state index in [-0.39, 0.29) is 0 Å². The molecule has 0 aliphatic heterocycles. The molecule has 0 amide bonds. The van der Waals surface area contributed by atoms with Crippen molar-refractivity contribution in [3.05, 3.63) is 26.7 Å². The maximum Gasteiger partial charge on any atom is 0.0735 e. The first-order valence-corrected chi connectivity index (χ1v) is 7.10. The van der Waals surface area contributed by atoms with Gasteiger partial charge in [-0.05, 0) is 33.5 Å². The van der Waals surface area contributed by atoms with Gasteiger partial charge in [0.05, 0.1) is 10.0 Å². The molecule has 0 saturated carbocycles. The topological polar surface area (TPSA) is 0 Å². The molecule has 0 radical (unpaired) electrons. The van der Waals surface area contributed by atoms with Gasteiger partial charge < -0.3 is 0 Å². The molecule has 0 atom stereocenters. The molecule has 0 heterocycles. The lowest BCUT2D eigenvalue weighted by Gasteiger charge is -2.17. The van der Waals surface area contributed by atoms with Crippen molar-refractivity contribution in [2.45, 2.75) is 25.7 Å². The summed E-state index contributed by atoms with van der Waals surface area (Å²) < 4.78 is 0.855. The van der Waals surface area contributed by atoms with Gasteiger partial charge in [0.2, 0.25) is 0 Å². The van der Waals surface area contributed by atoms with Crippen LogP contribution < -0.4 is 0 Å². The maximum absolute atomic E-state index is 5.99. The Balaban J connectivity index is 2.80. The molecule has 0 nitrogen and oxygen atoms in total. The Morgan fingerprint density at radius 3 is 2.33 bits per heavy atom. The quantitative estimate of drug-likeness (QED) is 0.481. The third-order valence-electron chi connectivity index (χ3n) is 1.63. The van der Waals surface area contributed by atoms with Crippen LogP contribution in [0.3, 0.4) is 0 Å². The Kier molecular flexibility index (Phi) is 4.85. The average molecular weight is 328 g/mol. The van der Waals surface area contributed by atoms with Crippen LogP contribution in [-0.2, 0) is 0 Å². The van der Waals surface area contributed by atoms with Crippen molar-refractivity contribution in [2.24, 2.45) is 5.41 Å². The van der Waals surface area contributed by atoms with Crippen molar-refractivity contribution < 1.29 is 0 Å². The first kappa shape index (κ1) is 13.7. The SMILES string of the molecule is CC(C)(C)CSc1cc(Cl)c(Cl)c(Br)c1. The van der Waals surface area contributed by atoms with E-state index in [1.54, 1.807) is 11.8 Å². The maximum atomic E-state index is 5.99. The van der Waals surface area contributed by atoms with Crippen LogP contribution in [-0.4, -0.2) is 5.75 Å². The number of thioether (sulfide) groups is 1. The fourth-order valence-electron chi connectivity index (χ4n) is 0.915. The zero-order valence-electron chi connectivity index (χ0n) is 8.90. The van der Waals surface area contributed by atoms with Crippen LogP contribution in [0.25, 0.3) is 0 Å². The number of rotatable bonds is 2. The van der Waals surface area contributed by atoms with Gasteiger partial charge in [-0.3, -0.25) is 0 Å². The monoisotopic (exact) mass is 326 g/mol. The zero-order chi connectivity index (χ0) is 11.6. The fraction of sp³-hybridized carbons (Fsp3) is 0.455. The molecule has 0 saturated heterocycles. The Morgan fingerprint density at radius 2 is 1.87 bits per heavy atom. The fourth-order valence-corrected chi connectivity index (χ4v) is 3.04. The Labute approximate surface area is 114 Å². The summed E-state index contributed by atoms with van der Waals surface area (Å²) in [5, 5.41) is 1.18. The van der Waals surface area contributed by atoms with Gasteiger partial charge in [-0.2, -0.15) is 0 Å². The highest BCUT2D eigenvalue weighted by Gasteiger charge is 2.12. The van der Waals surface area contributed by atoms with Gasteiger partial charge in [0.1, 0.15) is 0 Å². The molecule has 0 bridgehead atoms. The molecular formula is C11H13BrCl2S. The highest BCUT2D eigenvalue weighted by molar-refractivity contribution is 9.10. The predicted octanol–water partition coefficient (Wildman–Crippen LogP) is 5.89. The summed E-state index contributed by atoms with van der Waals surface area (Å²) in [6.45, 7) is 6.64. The minimum Gasteiger partial charge on any atom is -0.126 e. The second-order valence-electron chi connectivity index (χ2n) is 4.55. The summed E-state index contributed by atoms with van der Waals surface area (Å²) in [7, 11) is 0.